The fourth-order valence-electron chi connectivity index (χ4n) is 3.30. The molecule has 3 heteroatoms. The van der Waals surface area contributed by atoms with Crippen LogP contribution in [0.5, 0.6) is 0 Å². The molecule has 1 unspecified atom stereocenters. The molecular weight excluding hydrogens is 376 g/mol. The third-order valence-electron chi connectivity index (χ3n) is 4.71. The topological polar surface area (TPSA) is 37.3 Å². The molecule has 2 rings (SSSR count). The Labute approximate surface area is 159 Å². The number of benzene rings is 2. The number of hydrogen-bond donors (Lipinski definition) is 1. The minimum absolute atomic E-state index is 0.131. The smallest absolute Gasteiger partial charge is 0.306 e. The van der Waals surface area contributed by atoms with E-state index >= 15 is 0 Å². The molecule has 0 bridgehead atoms. The number of unbranched alkanes of at least 4 members (excludes halogenated alkanes) is 3. The Morgan fingerprint density at radius 3 is 1.84 bits per heavy atom. The summed E-state index contributed by atoms with van der Waals surface area (Å²) in [5, 5.41) is 10.7. The van der Waals surface area contributed by atoms with E-state index in [2.05, 4.69) is 40.2 Å². The molecule has 0 radical (unpaired) electrons. The van der Waals surface area contributed by atoms with Gasteiger partial charge in [0.15, 0.2) is 0 Å². The number of alkyl halides is 1. The van der Waals surface area contributed by atoms with Gasteiger partial charge in [-0.1, -0.05) is 95.9 Å². The van der Waals surface area contributed by atoms with Gasteiger partial charge in [0.25, 0.3) is 0 Å². The number of rotatable bonds is 11. The minimum Gasteiger partial charge on any atom is -0.481 e. The zero-order valence-corrected chi connectivity index (χ0v) is 16.2. The summed E-state index contributed by atoms with van der Waals surface area (Å²) in [5.41, 5.74) is 2.39. The molecule has 1 N–H and O–H groups in total. The number of carbonyl (C=O) groups is 1. The van der Waals surface area contributed by atoms with Gasteiger partial charge in [0.05, 0.1) is 5.92 Å². The lowest BCUT2D eigenvalue weighted by molar-refractivity contribution is -0.142. The van der Waals surface area contributed by atoms with Crippen LogP contribution in [-0.2, 0) is 4.79 Å². The van der Waals surface area contributed by atoms with Gasteiger partial charge in [-0.3, -0.25) is 4.79 Å². The zero-order chi connectivity index (χ0) is 17.9. The second-order valence-corrected chi connectivity index (χ2v) is 7.33. The van der Waals surface area contributed by atoms with Gasteiger partial charge in [0.2, 0.25) is 0 Å². The summed E-state index contributed by atoms with van der Waals surface area (Å²) in [6.45, 7) is 0. The van der Waals surface area contributed by atoms with Crippen LogP contribution < -0.4 is 0 Å². The lowest BCUT2D eigenvalue weighted by atomic mass is 9.82. The minimum atomic E-state index is -0.669. The van der Waals surface area contributed by atoms with Gasteiger partial charge < -0.3 is 5.11 Å². The Bertz CT molecular complexity index is 573. The highest BCUT2D eigenvalue weighted by atomic mass is 79.9. The Kier molecular flexibility index (Phi) is 8.75. The maximum atomic E-state index is 11.8. The molecule has 0 aliphatic heterocycles. The van der Waals surface area contributed by atoms with Crippen molar-refractivity contribution in [3.8, 4) is 0 Å². The van der Waals surface area contributed by atoms with Gasteiger partial charge in [0, 0.05) is 11.2 Å². The molecule has 0 fully saturated rings. The average molecular weight is 403 g/mol. The summed E-state index contributed by atoms with van der Waals surface area (Å²) in [7, 11) is 0. The summed E-state index contributed by atoms with van der Waals surface area (Å²) in [6, 6.07) is 20.5. The fraction of sp³-hybridized carbons (Fsp3) is 0.409. The van der Waals surface area contributed by atoms with Gasteiger partial charge >= 0.3 is 5.97 Å². The molecular formula is C22H27BrO2. The molecule has 2 aromatic rings. The number of hydrogen-bond acceptors (Lipinski definition) is 1. The highest BCUT2D eigenvalue weighted by molar-refractivity contribution is 9.09. The molecule has 0 aliphatic carbocycles. The second kappa shape index (κ2) is 11.1. The first-order chi connectivity index (χ1) is 12.2. The molecule has 0 saturated heterocycles. The van der Waals surface area contributed by atoms with E-state index in [1.165, 1.54) is 17.5 Å². The maximum absolute atomic E-state index is 11.8. The number of aliphatic carboxylic acids is 1. The monoisotopic (exact) mass is 402 g/mol. The molecule has 134 valence electrons. The summed E-state index contributed by atoms with van der Waals surface area (Å²) >= 11 is 3.44. The summed E-state index contributed by atoms with van der Waals surface area (Å²) < 4.78 is 0. The SMILES string of the molecule is O=C(O)C(CCCCCCBr)CC(c1ccccc1)c1ccccc1. The quantitative estimate of drug-likeness (QED) is 0.355. The molecule has 1 atom stereocenters. The van der Waals surface area contributed by atoms with Crippen molar-refractivity contribution in [1.82, 2.24) is 0 Å². The van der Waals surface area contributed by atoms with Crippen LogP contribution in [0.1, 0.15) is 55.6 Å². The van der Waals surface area contributed by atoms with Crippen molar-refractivity contribution in [2.45, 2.75) is 44.4 Å². The zero-order valence-electron chi connectivity index (χ0n) is 14.6. The standard InChI is InChI=1S/C22H27BrO2/c23-16-10-2-1-5-15-20(22(24)25)17-21(18-11-6-3-7-12-18)19-13-8-4-9-14-19/h3-4,6-9,11-14,20-21H,1-2,5,10,15-17H2,(H,24,25). The molecule has 0 heterocycles. The van der Waals surface area contributed by atoms with Crippen molar-refractivity contribution in [2.75, 3.05) is 5.33 Å². The van der Waals surface area contributed by atoms with Crippen molar-refractivity contribution in [1.29, 1.82) is 0 Å². The predicted octanol–water partition coefficient (Wildman–Crippen LogP) is 6.25. The Morgan fingerprint density at radius 2 is 1.36 bits per heavy atom. The van der Waals surface area contributed by atoms with E-state index in [-0.39, 0.29) is 11.8 Å². The molecule has 0 spiro atoms. The largest absolute Gasteiger partial charge is 0.481 e. The third kappa shape index (κ3) is 6.66. The van der Waals surface area contributed by atoms with Crippen LogP contribution in [0.2, 0.25) is 0 Å². The highest BCUT2D eigenvalue weighted by Crippen LogP contribution is 2.33. The summed E-state index contributed by atoms with van der Waals surface area (Å²) in [5.74, 6) is -0.835. The van der Waals surface area contributed by atoms with Gasteiger partial charge in [-0.25, -0.2) is 0 Å². The van der Waals surface area contributed by atoms with Crippen molar-refractivity contribution >= 4 is 21.9 Å². The highest BCUT2D eigenvalue weighted by Gasteiger charge is 2.24. The number of halogens is 1. The van der Waals surface area contributed by atoms with Crippen molar-refractivity contribution in [2.24, 2.45) is 5.92 Å². The van der Waals surface area contributed by atoms with E-state index in [1.807, 2.05) is 36.4 Å². The van der Waals surface area contributed by atoms with E-state index < -0.39 is 5.97 Å². The second-order valence-electron chi connectivity index (χ2n) is 6.54. The molecule has 2 aromatic carbocycles. The molecule has 2 nitrogen and oxygen atoms in total. The molecule has 0 saturated carbocycles. The number of carboxylic acid groups (broad SMARTS) is 1. The van der Waals surface area contributed by atoms with Crippen LogP contribution in [-0.4, -0.2) is 16.4 Å². The van der Waals surface area contributed by atoms with Crippen molar-refractivity contribution in [3.63, 3.8) is 0 Å². The van der Waals surface area contributed by atoms with Crippen molar-refractivity contribution in [3.05, 3.63) is 71.8 Å². The first-order valence-electron chi connectivity index (χ1n) is 9.11. The van der Waals surface area contributed by atoms with Gasteiger partial charge in [-0.05, 0) is 30.4 Å². The Morgan fingerprint density at radius 1 is 0.840 bits per heavy atom. The lowest BCUT2D eigenvalue weighted by Gasteiger charge is -2.22. The van der Waals surface area contributed by atoms with Crippen LogP contribution in [0.3, 0.4) is 0 Å². The predicted molar refractivity (Wildman–Crippen MR) is 107 cm³/mol. The van der Waals surface area contributed by atoms with Gasteiger partial charge in [-0.2, -0.15) is 0 Å². The summed E-state index contributed by atoms with van der Waals surface area (Å²) in [4.78, 5) is 11.8. The first-order valence-corrected chi connectivity index (χ1v) is 10.2. The van der Waals surface area contributed by atoms with E-state index in [1.54, 1.807) is 0 Å². The van der Waals surface area contributed by atoms with E-state index in [9.17, 15) is 9.90 Å². The van der Waals surface area contributed by atoms with E-state index in [0.29, 0.717) is 6.42 Å². The van der Waals surface area contributed by atoms with Gasteiger partial charge in [0.1, 0.15) is 0 Å². The van der Waals surface area contributed by atoms with Crippen LogP contribution in [0.15, 0.2) is 60.7 Å². The lowest BCUT2D eigenvalue weighted by Crippen LogP contribution is -2.18. The molecule has 0 amide bonds. The van der Waals surface area contributed by atoms with Crippen LogP contribution in [0.25, 0.3) is 0 Å². The molecule has 0 aromatic heterocycles. The van der Waals surface area contributed by atoms with Crippen LogP contribution >= 0.6 is 15.9 Å². The average Bonchev–Trinajstić information content (AvgIpc) is 2.65. The Hall–Kier alpha value is -1.61. The van der Waals surface area contributed by atoms with E-state index in [4.69, 9.17) is 0 Å². The van der Waals surface area contributed by atoms with E-state index in [0.717, 1.165) is 31.0 Å². The van der Waals surface area contributed by atoms with Crippen LogP contribution in [0.4, 0.5) is 0 Å². The normalized spacial score (nSPS) is 12.2. The number of carboxylic acids is 1. The molecule has 25 heavy (non-hydrogen) atoms. The maximum Gasteiger partial charge on any atom is 0.306 e. The third-order valence-corrected chi connectivity index (χ3v) is 5.27. The fourth-order valence-corrected chi connectivity index (χ4v) is 3.70. The summed E-state index contributed by atoms with van der Waals surface area (Å²) in [6.07, 6.45) is 5.83. The van der Waals surface area contributed by atoms with Crippen LogP contribution in [0, 0.1) is 5.92 Å². The first kappa shape index (κ1) is 19.7. The van der Waals surface area contributed by atoms with Gasteiger partial charge in [-0.15, -0.1) is 0 Å². The Balaban J connectivity index is 2.09. The molecule has 0 aliphatic rings. The van der Waals surface area contributed by atoms with Crippen molar-refractivity contribution < 1.29 is 9.90 Å².